The van der Waals surface area contributed by atoms with Crippen molar-refractivity contribution in [2.45, 2.75) is 0 Å². The third kappa shape index (κ3) is 4.65. The molecule has 0 heterocycles. The maximum absolute atomic E-state index is 10.6. The van der Waals surface area contributed by atoms with E-state index in [9.17, 15) is 9.59 Å². The summed E-state index contributed by atoms with van der Waals surface area (Å²) in [5.41, 5.74) is 12.4. The van der Waals surface area contributed by atoms with Gasteiger partial charge in [-0.05, 0) is 12.1 Å². The maximum Gasteiger partial charge on any atom is 0.332 e. The van der Waals surface area contributed by atoms with Crippen LogP contribution in [0, 0.1) is 0 Å². The van der Waals surface area contributed by atoms with E-state index in [0.29, 0.717) is 11.3 Å². The third-order valence-corrected chi connectivity index (χ3v) is 1.67. The summed E-state index contributed by atoms with van der Waals surface area (Å²) in [7, 11) is 0. The molecule has 0 aliphatic rings. The molecule has 0 unspecified atom stereocenters. The van der Waals surface area contributed by atoms with Gasteiger partial charge in [0.1, 0.15) is 5.75 Å². The molecule has 7 nitrogen and oxygen atoms in total. The van der Waals surface area contributed by atoms with Crippen molar-refractivity contribution < 1.29 is 14.3 Å². The summed E-state index contributed by atoms with van der Waals surface area (Å²) in [6.45, 7) is -0.228. The number of nitrogens with two attached hydrogens (primary N) is 2. The number of hydrogen-bond donors (Lipinski definition) is 3. The van der Waals surface area contributed by atoms with Crippen molar-refractivity contribution in [1.29, 1.82) is 0 Å². The third-order valence-electron chi connectivity index (χ3n) is 1.67. The molecule has 5 N–H and O–H groups in total. The number of nitrogens with one attached hydrogen (secondary N) is 1. The van der Waals surface area contributed by atoms with Gasteiger partial charge in [-0.1, -0.05) is 12.1 Å². The van der Waals surface area contributed by atoms with Crippen LogP contribution in [-0.2, 0) is 4.79 Å². The molecule has 0 fully saturated rings. The molecule has 1 aromatic carbocycles. The summed E-state index contributed by atoms with van der Waals surface area (Å²) in [6.07, 6.45) is 1.35. The first kappa shape index (κ1) is 12.5. The Bertz CT molecular complexity index is 445. The normalized spacial score (nSPS) is 10.1. The first-order valence-electron chi connectivity index (χ1n) is 4.68. The van der Waals surface area contributed by atoms with Crippen LogP contribution in [0.1, 0.15) is 5.56 Å². The second-order valence-corrected chi connectivity index (χ2v) is 3.03. The fourth-order valence-corrected chi connectivity index (χ4v) is 1.03. The average molecular weight is 236 g/mol. The van der Waals surface area contributed by atoms with E-state index in [2.05, 4.69) is 5.10 Å². The number of benzene rings is 1. The summed E-state index contributed by atoms with van der Waals surface area (Å²) < 4.78 is 5.15. The molecule has 0 saturated heterocycles. The van der Waals surface area contributed by atoms with Gasteiger partial charge in [-0.15, -0.1) is 0 Å². The lowest BCUT2D eigenvalue weighted by Crippen LogP contribution is -2.24. The monoisotopic (exact) mass is 236 g/mol. The Morgan fingerprint density at radius 1 is 1.35 bits per heavy atom. The number of carbonyl (C=O) groups excluding carboxylic acids is 2. The van der Waals surface area contributed by atoms with E-state index in [0.717, 1.165) is 0 Å². The van der Waals surface area contributed by atoms with Gasteiger partial charge in [-0.3, -0.25) is 4.79 Å². The van der Waals surface area contributed by atoms with Crippen molar-refractivity contribution in [2.75, 3.05) is 6.61 Å². The van der Waals surface area contributed by atoms with E-state index in [1.54, 1.807) is 24.3 Å². The summed E-state index contributed by atoms with van der Waals surface area (Å²) in [4.78, 5) is 21.0. The molecule has 0 aliphatic carbocycles. The Morgan fingerprint density at radius 2 is 2.06 bits per heavy atom. The van der Waals surface area contributed by atoms with Crippen LogP contribution in [0.5, 0.6) is 5.75 Å². The zero-order chi connectivity index (χ0) is 12.7. The molecule has 0 spiro atoms. The highest BCUT2D eigenvalue weighted by Crippen LogP contribution is 2.15. The topological polar surface area (TPSA) is 120 Å². The van der Waals surface area contributed by atoms with Crippen molar-refractivity contribution in [3.8, 4) is 5.75 Å². The van der Waals surface area contributed by atoms with Crippen LogP contribution in [0.2, 0.25) is 0 Å². The number of carbonyl (C=O) groups is 2. The Labute approximate surface area is 97.4 Å². The number of hydrogen-bond acceptors (Lipinski definition) is 4. The largest absolute Gasteiger partial charge is 0.483 e. The molecule has 3 amide bonds. The molecule has 0 aromatic heterocycles. The van der Waals surface area contributed by atoms with Gasteiger partial charge >= 0.3 is 6.03 Å². The van der Waals surface area contributed by atoms with Gasteiger partial charge in [0.2, 0.25) is 0 Å². The van der Waals surface area contributed by atoms with Crippen LogP contribution in [0.3, 0.4) is 0 Å². The molecule has 1 aromatic rings. The zero-order valence-electron chi connectivity index (χ0n) is 8.92. The van der Waals surface area contributed by atoms with E-state index in [1.165, 1.54) is 6.21 Å². The van der Waals surface area contributed by atoms with Gasteiger partial charge in [0, 0.05) is 5.56 Å². The highest BCUT2D eigenvalue weighted by atomic mass is 16.5. The highest BCUT2D eigenvalue weighted by Gasteiger charge is 2.02. The van der Waals surface area contributed by atoms with E-state index >= 15 is 0 Å². The van der Waals surface area contributed by atoms with E-state index in [1.807, 2.05) is 5.43 Å². The standard InChI is InChI=1S/C10H12N4O3/c11-9(15)6-17-8-4-2-1-3-7(8)5-13-14-10(12)16/h1-5H,6H2,(H2,11,15)(H3,12,14,16). The van der Waals surface area contributed by atoms with Gasteiger partial charge in [-0.2, -0.15) is 5.10 Å². The molecule has 0 bridgehead atoms. The van der Waals surface area contributed by atoms with E-state index < -0.39 is 11.9 Å². The summed E-state index contributed by atoms with van der Waals surface area (Å²) >= 11 is 0. The lowest BCUT2D eigenvalue weighted by Gasteiger charge is -2.06. The summed E-state index contributed by atoms with van der Waals surface area (Å²) in [5.74, 6) is -0.145. The highest BCUT2D eigenvalue weighted by molar-refractivity contribution is 5.85. The predicted molar refractivity (Wildman–Crippen MR) is 61.4 cm³/mol. The number of rotatable bonds is 5. The molecule has 17 heavy (non-hydrogen) atoms. The van der Waals surface area contributed by atoms with Crippen molar-refractivity contribution in [1.82, 2.24) is 5.43 Å². The maximum atomic E-state index is 10.6. The van der Waals surface area contributed by atoms with Crippen LogP contribution in [0.15, 0.2) is 29.4 Å². The molecule has 0 aliphatic heterocycles. The van der Waals surface area contributed by atoms with Crippen molar-refractivity contribution in [3.05, 3.63) is 29.8 Å². The Kier molecular flexibility index (Phi) is 4.49. The lowest BCUT2D eigenvalue weighted by molar-refractivity contribution is -0.119. The van der Waals surface area contributed by atoms with Gasteiger partial charge in [0.05, 0.1) is 6.21 Å². The molecule has 0 radical (unpaired) electrons. The minimum atomic E-state index is -0.767. The Hall–Kier alpha value is -2.57. The first-order chi connectivity index (χ1) is 8.09. The van der Waals surface area contributed by atoms with Gasteiger partial charge < -0.3 is 16.2 Å². The number of urea groups is 1. The number of para-hydroxylation sites is 1. The summed E-state index contributed by atoms with van der Waals surface area (Å²) in [5, 5.41) is 3.58. The molecular weight excluding hydrogens is 224 g/mol. The summed E-state index contributed by atoms with van der Waals surface area (Å²) in [6, 6.07) is 6.06. The van der Waals surface area contributed by atoms with E-state index in [-0.39, 0.29) is 6.61 Å². The van der Waals surface area contributed by atoms with Crippen LogP contribution in [0.4, 0.5) is 4.79 Å². The minimum absolute atomic E-state index is 0.228. The fourth-order valence-electron chi connectivity index (χ4n) is 1.03. The second-order valence-electron chi connectivity index (χ2n) is 3.03. The number of ether oxygens (including phenoxy) is 1. The SMILES string of the molecule is NC(=O)COc1ccccc1C=NNC(N)=O. The molecule has 7 heteroatoms. The van der Waals surface area contributed by atoms with Crippen LogP contribution in [0.25, 0.3) is 0 Å². The van der Waals surface area contributed by atoms with E-state index in [4.69, 9.17) is 16.2 Å². The number of amides is 3. The predicted octanol–water partition coefficient (Wildman–Crippen LogP) is -0.447. The van der Waals surface area contributed by atoms with Crippen molar-refractivity contribution in [2.24, 2.45) is 16.6 Å². The molecule has 1 rings (SSSR count). The van der Waals surface area contributed by atoms with Crippen LogP contribution >= 0.6 is 0 Å². The number of primary amides is 2. The quantitative estimate of drug-likeness (QED) is 0.474. The van der Waals surface area contributed by atoms with Crippen molar-refractivity contribution >= 4 is 18.2 Å². The number of nitrogens with zero attached hydrogens (tertiary/aromatic N) is 1. The molecule has 0 saturated carbocycles. The smallest absolute Gasteiger partial charge is 0.332 e. The molecule has 90 valence electrons. The fraction of sp³-hybridized carbons (Fsp3) is 0.100. The average Bonchev–Trinajstić information content (AvgIpc) is 2.27. The first-order valence-corrected chi connectivity index (χ1v) is 4.68. The Morgan fingerprint density at radius 3 is 2.71 bits per heavy atom. The van der Waals surface area contributed by atoms with Crippen molar-refractivity contribution in [3.63, 3.8) is 0 Å². The minimum Gasteiger partial charge on any atom is -0.483 e. The van der Waals surface area contributed by atoms with Crippen LogP contribution in [-0.4, -0.2) is 24.8 Å². The van der Waals surface area contributed by atoms with Gasteiger partial charge in [0.15, 0.2) is 6.61 Å². The Balaban J connectivity index is 2.73. The van der Waals surface area contributed by atoms with Gasteiger partial charge in [-0.25, -0.2) is 10.2 Å². The van der Waals surface area contributed by atoms with Gasteiger partial charge in [0.25, 0.3) is 5.91 Å². The zero-order valence-corrected chi connectivity index (χ0v) is 8.92. The lowest BCUT2D eigenvalue weighted by atomic mass is 10.2. The molecular formula is C10H12N4O3. The second kappa shape index (κ2) is 6.11. The van der Waals surface area contributed by atoms with Crippen LogP contribution < -0.4 is 21.6 Å². The molecule has 0 atom stereocenters. The number of hydrazone groups is 1.